The Hall–Kier alpha value is -2.64. The summed E-state index contributed by atoms with van der Waals surface area (Å²) in [5.74, 6) is 0.444. The van der Waals surface area contributed by atoms with E-state index in [0.717, 1.165) is 0 Å². The van der Waals surface area contributed by atoms with Crippen LogP contribution in [0.3, 0.4) is 0 Å². The van der Waals surface area contributed by atoms with Crippen LogP contribution in [-0.2, 0) is 0 Å². The second kappa shape index (κ2) is 6.00. The van der Waals surface area contributed by atoms with Crippen molar-refractivity contribution in [1.29, 1.82) is 0 Å². The minimum Gasteiger partial charge on any atom is -0.385 e. The largest absolute Gasteiger partial charge is 0.385 e. The molecule has 2 heterocycles. The molecule has 0 saturated carbocycles. The molecule has 0 unspecified atom stereocenters. The molecule has 1 amide bonds. The van der Waals surface area contributed by atoms with Gasteiger partial charge in [0, 0.05) is 13.0 Å². The van der Waals surface area contributed by atoms with E-state index in [1.54, 1.807) is 13.2 Å². The van der Waals surface area contributed by atoms with E-state index in [9.17, 15) is 4.79 Å². The van der Waals surface area contributed by atoms with Gasteiger partial charge in [0.15, 0.2) is 5.69 Å². The number of rotatable bonds is 4. The lowest BCUT2D eigenvalue weighted by atomic mass is 10.2. The van der Waals surface area contributed by atoms with E-state index in [1.165, 1.54) is 12.4 Å². The topological polar surface area (TPSA) is 106 Å². The van der Waals surface area contributed by atoms with Crippen LogP contribution in [0.5, 0.6) is 0 Å². The van der Waals surface area contributed by atoms with Gasteiger partial charge in [0.05, 0.1) is 24.3 Å². The van der Waals surface area contributed by atoms with Crippen molar-refractivity contribution >= 4 is 17.5 Å². The zero-order valence-electron chi connectivity index (χ0n) is 11.5. The lowest BCUT2D eigenvalue weighted by Gasteiger charge is -2.10. The first-order chi connectivity index (χ1) is 9.61. The van der Waals surface area contributed by atoms with Crippen molar-refractivity contribution in [2.75, 3.05) is 17.7 Å². The van der Waals surface area contributed by atoms with Gasteiger partial charge in [-0.1, -0.05) is 13.8 Å². The summed E-state index contributed by atoms with van der Waals surface area (Å²) in [6.45, 7) is 3.92. The quantitative estimate of drug-likeness (QED) is 0.858. The second-order valence-electron chi connectivity index (χ2n) is 4.32. The standard InChI is InChI=1S/C12H15N7O/c1-7(2)10-15-6-8(13-3)9(17-10)11(20)18-12-14-4-5-16-19-12/h4-7,13H,1-3H3,(H,14,18,19,20). The summed E-state index contributed by atoms with van der Waals surface area (Å²) in [4.78, 5) is 24.6. The maximum Gasteiger partial charge on any atom is 0.278 e. The fraction of sp³-hybridized carbons (Fsp3) is 0.333. The fourth-order valence-electron chi connectivity index (χ4n) is 1.50. The van der Waals surface area contributed by atoms with E-state index in [0.29, 0.717) is 11.5 Å². The van der Waals surface area contributed by atoms with Gasteiger partial charge in [0.1, 0.15) is 5.82 Å². The Bertz CT molecular complexity index is 600. The third-order valence-corrected chi connectivity index (χ3v) is 2.52. The van der Waals surface area contributed by atoms with Gasteiger partial charge in [-0.05, 0) is 0 Å². The third-order valence-electron chi connectivity index (χ3n) is 2.52. The molecule has 0 fully saturated rings. The Morgan fingerprint density at radius 3 is 2.65 bits per heavy atom. The predicted molar refractivity (Wildman–Crippen MR) is 73.4 cm³/mol. The van der Waals surface area contributed by atoms with Crippen LogP contribution in [0.2, 0.25) is 0 Å². The van der Waals surface area contributed by atoms with Gasteiger partial charge in [-0.25, -0.2) is 15.0 Å². The van der Waals surface area contributed by atoms with E-state index in [1.807, 2.05) is 13.8 Å². The minimum absolute atomic E-state index is 0.127. The zero-order chi connectivity index (χ0) is 14.5. The highest BCUT2D eigenvalue weighted by Crippen LogP contribution is 2.16. The number of carbonyl (C=O) groups is 1. The lowest BCUT2D eigenvalue weighted by molar-refractivity contribution is 0.102. The first kappa shape index (κ1) is 13.8. The number of anilines is 2. The molecule has 2 aromatic rings. The van der Waals surface area contributed by atoms with Crippen LogP contribution < -0.4 is 10.6 Å². The van der Waals surface area contributed by atoms with Crippen molar-refractivity contribution < 1.29 is 4.79 Å². The molecule has 0 radical (unpaired) electrons. The lowest BCUT2D eigenvalue weighted by Crippen LogP contribution is -2.19. The van der Waals surface area contributed by atoms with Crippen LogP contribution in [-0.4, -0.2) is 38.1 Å². The molecule has 0 bridgehead atoms. The molecular weight excluding hydrogens is 258 g/mol. The van der Waals surface area contributed by atoms with E-state index in [-0.39, 0.29) is 17.6 Å². The Kier molecular flexibility index (Phi) is 4.14. The Morgan fingerprint density at radius 2 is 2.05 bits per heavy atom. The van der Waals surface area contributed by atoms with Crippen LogP contribution in [0.25, 0.3) is 0 Å². The van der Waals surface area contributed by atoms with E-state index in [4.69, 9.17) is 0 Å². The molecule has 8 heteroatoms. The van der Waals surface area contributed by atoms with Crippen molar-refractivity contribution in [3.8, 4) is 0 Å². The molecule has 0 aliphatic carbocycles. The van der Waals surface area contributed by atoms with Crippen molar-refractivity contribution in [3.63, 3.8) is 0 Å². The Labute approximate surface area is 116 Å². The molecule has 20 heavy (non-hydrogen) atoms. The van der Waals surface area contributed by atoms with E-state index < -0.39 is 5.91 Å². The Balaban J connectivity index is 2.30. The SMILES string of the molecule is CNc1cnc(C(C)C)nc1C(=O)Nc1nccnn1. The van der Waals surface area contributed by atoms with Crippen LogP contribution in [0, 0.1) is 0 Å². The van der Waals surface area contributed by atoms with Crippen LogP contribution in [0.1, 0.15) is 36.1 Å². The summed E-state index contributed by atoms with van der Waals surface area (Å²) in [6.07, 6.45) is 4.46. The smallest absolute Gasteiger partial charge is 0.278 e. The van der Waals surface area contributed by atoms with Gasteiger partial charge < -0.3 is 5.32 Å². The highest BCUT2D eigenvalue weighted by molar-refractivity contribution is 6.05. The third kappa shape index (κ3) is 3.02. The molecule has 0 spiro atoms. The van der Waals surface area contributed by atoms with Crippen molar-refractivity contribution in [2.45, 2.75) is 19.8 Å². The molecule has 0 saturated heterocycles. The monoisotopic (exact) mass is 273 g/mol. The normalized spacial score (nSPS) is 10.4. The summed E-state index contributed by atoms with van der Waals surface area (Å²) in [5.41, 5.74) is 0.787. The first-order valence-corrected chi connectivity index (χ1v) is 6.11. The van der Waals surface area contributed by atoms with E-state index >= 15 is 0 Å². The number of nitrogens with zero attached hydrogens (tertiary/aromatic N) is 5. The summed E-state index contributed by atoms with van der Waals surface area (Å²) < 4.78 is 0. The van der Waals surface area contributed by atoms with Crippen LogP contribution in [0.15, 0.2) is 18.6 Å². The van der Waals surface area contributed by atoms with Gasteiger partial charge >= 0.3 is 0 Å². The van der Waals surface area contributed by atoms with E-state index in [2.05, 4.69) is 35.8 Å². The maximum atomic E-state index is 12.2. The number of hydrogen-bond acceptors (Lipinski definition) is 7. The predicted octanol–water partition coefficient (Wildman–Crippen LogP) is 1.08. The average molecular weight is 273 g/mol. The average Bonchev–Trinajstić information content (AvgIpc) is 2.47. The zero-order valence-corrected chi connectivity index (χ0v) is 11.5. The molecular formula is C12H15N7O. The summed E-state index contributed by atoms with van der Waals surface area (Å²) >= 11 is 0. The van der Waals surface area contributed by atoms with Crippen molar-refractivity contribution in [1.82, 2.24) is 25.1 Å². The highest BCUT2D eigenvalue weighted by Gasteiger charge is 2.17. The Morgan fingerprint density at radius 1 is 1.25 bits per heavy atom. The van der Waals surface area contributed by atoms with Gasteiger partial charge in [-0.3, -0.25) is 10.1 Å². The van der Waals surface area contributed by atoms with Crippen molar-refractivity contribution in [3.05, 3.63) is 30.1 Å². The van der Waals surface area contributed by atoms with Gasteiger partial charge in [-0.15, -0.1) is 5.10 Å². The molecule has 2 rings (SSSR count). The first-order valence-electron chi connectivity index (χ1n) is 6.11. The number of hydrogen-bond donors (Lipinski definition) is 2. The molecule has 2 N–H and O–H groups in total. The molecule has 0 atom stereocenters. The van der Waals surface area contributed by atoms with Crippen LogP contribution in [0.4, 0.5) is 11.6 Å². The molecule has 8 nitrogen and oxygen atoms in total. The highest BCUT2D eigenvalue weighted by atomic mass is 16.2. The molecule has 0 aliphatic heterocycles. The number of aromatic nitrogens is 5. The van der Waals surface area contributed by atoms with Crippen molar-refractivity contribution in [2.24, 2.45) is 0 Å². The number of nitrogens with one attached hydrogen (secondary N) is 2. The summed E-state index contributed by atoms with van der Waals surface area (Å²) in [6, 6.07) is 0. The molecule has 2 aromatic heterocycles. The van der Waals surface area contributed by atoms with Gasteiger partial charge in [-0.2, -0.15) is 5.10 Å². The van der Waals surface area contributed by atoms with Crippen LogP contribution >= 0.6 is 0 Å². The fourth-order valence-corrected chi connectivity index (χ4v) is 1.50. The van der Waals surface area contributed by atoms with Gasteiger partial charge in [0.2, 0.25) is 5.95 Å². The maximum absolute atomic E-state index is 12.2. The minimum atomic E-state index is -0.411. The number of carbonyl (C=O) groups excluding carboxylic acids is 1. The molecule has 0 aromatic carbocycles. The number of amides is 1. The summed E-state index contributed by atoms with van der Waals surface area (Å²) in [7, 11) is 1.70. The van der Waals surface area contributed by atoms with Gasteiger partial charge in [0.25, 0.3) is 5.91 Å². The molecule has 104 valence electrons. The second-order valence-corrected chi connectivity index (χ2v) is 4.32. The molecule has 0 aliphatic rings. The summed E-state index contributed by atoms with van der Waals surface area (Å²) in [5, 5.41) is 12.8.